The Morgan fingerprint density at radius 2 is 1.46 bits per heavy atom. The minimum absolute atomic E-state index is 0. The highest BCUT2D eigenvalue weighted by Gasteiger charge is 2.14. The third kappa shape index (κ3) is 8.55. The Bertz CT molecular complexity index is 720. The monoisotopic (exact) mass is 404 g/mol. The Labute approximate surface area is 173 Å². The summed E-state index contributed by atoms with van der Waals surface area (Å²) in [5.41, 5.74) is 11.1. The molecule has 2 rings (SSSR count). The molecule has 0 aliphatic carbocycles. The molecule has 0 aliphatic heterocycles. The van der Waals surface area contributed by atoms with Gasteiger partial charge >= 0.3 is 5.97 Å². The lowest BCUT2D eigenvalue weighted by molar-refractivity contribution is -0.161. The Balaban J connectivity index is 0.00000392. The molecule has 152 valence electrons. The molecule has 0 saturated heterocycles. The number of carbonyl (C=O) groups excluding carboxylic acids is 2. The first-order chi connectivity index (χ1) is 13.1. The van der Waals surface area contributed by atoms with Gasteiger partial charge in [-0.1, -0.05) is 61.5 Å². The van der Waals surface area contributed by atoms with Crippen LogP contribution in [0.15, 0.2) is 54.6 Å². The van der Waals surface area contributed by atoms with Crippen molar-refractivity contribution in [3.8, 4) is 0 Å². The van der Waals surface area contributed by atoms with Gasteiger partial charge in [0.25, 0.3) is 5.91 Å². The van der Waals surface area contributed by atoms with Crippen molar-refractivity contribution in [3.63, 3.8) is 0 Å². The molecule has 3 N–H and O–H groups in total. The van der Waals surface area contributed by atoms with Crippen LogP contribution in [0.2, 0.25) is 0 Å². The van der Waals surface area contributed by atoms with Crippen molar-refractivity contribution in [2.45, 2.75) is 39.0 Å². The van der Waals surface area contributed by atoms with Crippen LogP contribution in [-0.2, 0) is 33.7 Å². The van der Waals surface area contributed by atoms with Crippen molar-refractivity contribution in [3.05, 3.63) is 71.3 Å². The van der Waals surface area contributed by atoms with Gasteiger partial charge in [-0.25, -0.2) is 4.79 Å². The van der Waals surface area contributed by atoms with E-state index in [0.29, 0.717) is 0 Å². The maximum Gasteiger partial charge on any atom is 0.336 e. The van der Waals surface area contributed by atoms with Gasteiger partial charge in [0.05, 0.1) is 12.3 Å². The van der Waals surface area contributed by atoms with E-state index in [9.17, 15) is 9.59 Å². The summed E-state index contributed by atoms with van der Waals surface area (Å²) in [5, 5.41) is 0. The molecule has 1 atom stereocenters. The highest BCUT2D eigenvalue weighted by molar-refractivity contribution is 5.85. The average molecular weight is 405 g/mol. The van der Waals surface area contributed by atoms with Crippen LogP contribution in [-0.4, -0.2) is 18.4 Å². The second kappa shape index (κ2) is 12.9. The van der Waals surface area contributed by atoms with Crippen molar-refractivity contribution in [2.24, 2.45) is 11.7 Å². The standard InChI is InChI=1S/C22H28N2O3.ClH/c1-17(16-23)22(26)27-24-21(25)15-20-13-11-19(12-14-20)10-6-5-9-18-7-3-2-4-8-18;/h2-4,7-8,11-14,17H,5-6,9-10,15-16,23H2,1H3,(H,24,25);1H. The van der Waals surface area contributed by atoms with Gasteiger partial charge in [0, 0.05) is 6.54 Å². The molecule has 0 heterocycles. The van der Waals surface area contributed by atoms with Gasteiger partial charge in [-0.15, -0.1) is 12.4 Å². The zero-order valence-corrected chi connectivity index (χ0v) is 17.0. The Hall–Kier alpha value is -2.37. The Kier molecular flexibility index (Phi) is 10.9. The van der Waals surface area contributed by atoms with Crippen molar-refractivity contribution >= 4 is 24.3 Å². The number of amides is 1. The number of nitrogens with two attached hydrogens (primary N) is 1. The number of halogens is 1. The topological polar surface area (TPSA) is 81.4 Å². The lowest BCUT2D eigenvalue weighted by Gasteiger charge is -2.09. The fraction of sp³-hybridized carbons (Fsp3) is 0.364. The Morgan fingerprint density at radius 1 is 0.929 bits per heavy atom. The molecule has 2 aromatic rings. The largest absolute Gasteiger partial charge is 0.340 e. The molecule has 0 fully saturated rings. The quantitative estimate of drug-likeness (QED) is 0.495. The van der Waals surface area contributed by atoms with E-state index >= 15 is 0 Å². The third-order valence-electron chi connectivity index (χ3n) is 4.43. The molecule has 2 aromatic carbocycles. The van der Waals surface area contributed by atoms with Gasteiger partial charge in [-0.2, -0.15) is 5.48 Å². The van der Waals surface area contributed by atoms with Gasteiger partial charge in [0.15, 0.2) is 0 Å². The van der Waals surface area contributed by atoms with E-state index in [1.807, 2.05) is 30.3 Å². The second-order valence-corrected chi connectivity index (χ2v) is 6.77. The maximum absolute atomic E-state index is 11.8. The molecule has 28 heavy (non-hydrogen) atoms. The van der Waals surface area contributed by atoms with E-state index in [2.05, 4.69) is 29.7 Å². The molecule has 1 amide bonds. The smallest absolute Gasteiger partial charge is 0.336 e. The van der Waals surface area contributed by atoms with E-state index in [-0.39, 0.29) is 31.3 Å². The molecular weight excluding hydrogens is 376 g/mol. The minimum atomic E-state index is -0.531. The van der Waals surface area contributed by atoms with Crippen LogP contribution in [0, 0.1) is 5.92 Å². The number of carbonyl (C=O) groups is 2. The first-order valence-corrected chi connectivity index (χ1v) is 9.40. The van der Waals surface area contributed by atoms with Gasteiger partial charge < -0.3 is 10.6 Å². The summed E-state index contributed by atoms with van der Waals surface area (Å²) in [6, 6.07) is 18.5. The maximum atomic E-state index is 11.8. The van der Waals surface area contributed by atoms with E-state index in [0.717, 1.165) is 31.2 Å². The number of benzene rings is 2. The number of hydroxylamine groups is 1. The molecule has 0 radical (unpaired) electrons. The molecule has 6 heteroatoms. The number of nitrogens with one attached hydrogen (secondary N) is 1. The molecule has 0 bridgehead atoms. The van der Waals surface area contributed by atoms with E-state index in [1.54, 1.807) is 6.92 Å². The van der Waals surface area contributed by atoms with Crippen LogP contribution in [0.25, 0.3) is 0 Å². The molecule has 0 aromatic heterocycles. The number of aryl methyl sites for hydroxylation is 2. The summed E-state index contributed by atoms with van der Waals surface area (Å²) in [6.07, 6.45) is 4.57. The van der Waals surface area contributed by atoms with Crippen LogP contribution < -0.4 is 11.2 Å². The van der Waals surface area contributed by atoms with Crippen LogP contribution in [0.5, 0.6) is 0 Å². The highest BCUT2D eigenvalue weighted by atomic mass is 35.5. The number of unbranched alkanes of at least 4 members (excludes halogenated alkanes) is 1. The van der Waals surface area contributed by atoms with Crippen LogP contribution in [0.1, 0.15) is 36.5 Å². The predicted molar refractivity (Wildman–Crippen MR) is 113 cm³/mol. The van der Waals surface area contributed by atoms with Crippen LogP contribution >= 0.6 is 12.4 Å². The highest BCUT2D eigenvalue weighted by Crippen LogP contribution is 2.11. The van der Waals surface area contributed by atoms with Gasteiger partial charge in [0.1, 0.15) is 0 Å². The zero-order chi connectivity index (χ0) is 19.5. The number of hydrogen-bond donors (Lipinski definition) is 2. The predicted octanol–water partition coefficient (Wildman–Crippen LogP) is 3.39. The van der Waals surface area contributed by atoms with E-state index in [4.69, 9.17) is 10.6 Å². The minimum Gasteiger partial charge on any atom is -0.340 e. The van der Waals surface area contributed by atoms with Gasteiger partial charge in [-0.3, -0.25) is 4.79 Å². The van der Waals surface area contributed by atoms with Gasteiger partial charge in [0.2, 0.25) is 0 Å². The lowest BCUT2D eigenvalue weighted by Crippen LogP contribution is -2.33. The van der Waals surface area contributed by atoms with Crippen molar-refractivity contribution < 1.29 is 14.4 Å². The first kappa shape index (κ1) is 23.7. The SMILES string of the molecule is CC(CN)C(=O)ONC(=O)Cc1ccc(CCCCc2ccccc2)cc1.Cl. The molecular formula is C22H29ClN2O3. The molecule has 1 unspecified atom stereocenters. The molecule has 0 aliphatic rings. The van der Waals surface area contributed by atoms with Crippen LogP contribution in [0.4, 0.5) is 0 Å². The first-order valence-electron chi connectivity index (χ1n) is 9.40. The summed E-state index contributed by atoms with van der Waals surface area (Å²) in [5.74, 6) is -1.33. The van der Waals surface area contributed by atoms with E-state index < -0.39 is 11.9 Å². The lowest BCUT2D eigenvalue weighted by atomic mass is 10.0. The number of rotatable bonds is 9. The summed E-state index contributed by atoms with van der Waals surface area (Å²) < 4.78 is 0. The van der Waals surface area contributed by atoms with Crippen molar-refractivity contribution in [1.82, 2.24) is 5.48 Å². The van der Waals surface area contributed by atoms with Crippen molar-refractivity contribution in [1.29, 1.82) is 0 Å². The molecule has 0 saturated carbocycles. The summed E-state index contributed by atoms with van der Waals surface area (Å²) >= 11 is 0. The summed E-state index contributed by atoms with van der Waals surface area (Å²) in [7, 11) is 0. The zero-order valence-electron chi connectivity index (χ0n) is 16.2. The van der Waals surface area contributed by atoms with E-state index in [1.165, 1.54) is 11.1 Å². The number of hydrogen-bond acceptors (Lipinski definition) is 4. The van der Waals surface area contributed by atoms with Crippen LogP contribution in [0.3, 0.4) is 0 Å². The normalized spacial score (nSPS) is 11.2. The summed E-state index contributed by atoms with van der Waals surface area (Å²) in [6.45, 7) is 1.83. The average Bonchev–Trinajstić information content (AvgIpc) is 2.70. The fourth-order valence-corrected chi connectivity index (χ4v) is 2.65. The summed E-state index contributed by atoms with van der Waals surface area (Å²) in [4.78, 5) is 28.0. The Morgan fingerprint density at radius 3 is 2.04 bits per heavy atom. The van der Waals surface area contributed by atoms with Crippen molar-refractivity contribution in [2.75, 3.05) is 6.54 Å². The van der Waals surface area contributed by atoms with Gasteiger partial charge in [-0.05, 0) is 42.4 Å². The third-order valence-corrected chi connectivity index (χ3v) is 4.43. The molecule has 0 spiro atoms. The fourth-order valence-electron chi connectivity index (χ4n) is 2.65. The second-order valence-electron chi connectivity index (χ2n) is 6.77. The molecule has 5 nitrogen and oxygen atoms in total.